The maximum atomic E-state index is 7.44. The number of rotatable bonds is 21. The molecule has 0 fully saturated rings. The topological polar surface area (TPSA) is 49.1 Å². The number of para-hydroxylation sites is 5. The average molecular weight is 1410 g/mol. The van der Waals surface area contributed by atoms with Gasteiger partial charge in [-0.3, -0.25) is 0 Å². The van der Waals surface area contributed by atoms with Crippen LogP contribution in [0.1, 0.15) is 151 Å². The van der Waals surface area contributed by atoms with Gasteiger partial charge in [-0.2, -0.15) is 0 Å². The van der Waals surface area contributed by atoms with Gasteiger partial charge in [0.1, 0.15) is 27.9 Å². The molecule has 3 heterocycles. The summed E-state index contributed by atoms with van der Waals surface area (Å²) in [4.78, 5) is 7.11. The van der Waals surface area contributed by atoms with E-state index in [4.69, 9.17) is 13.3 Å². The summed E-state index contributed by atoms with van der Waals surface area (Å²) in [5.74, 6) is 1.51. The first-order valence-electron chi connectivity index (χ1n) is 38.7. The highest BCUT2D eigenvalue weighted by atomic mass is 16.3. The van der Waals surface area contributed by atoms with E-state index in [9.17, 15) is 0 Å². The molecule has 0 aliphatic rings. The maximum Gasteiger partial charge on any atom is 0.159 e. The van der Waals surface area contributed by atoms with Gasteiger partial charge in [0.05, 0.1) is 5.69 Å². The van der Waals surface area contributed by atoms with Gasteiger partial charge in [-0.15, -0.1) is 0 Å². The Kier molecular flexibility index (Phi) is 18.5. The van der Waals surface area contributed by atoms with Gasteiger partial charge in [-0.05, 0) is 249 Å². The van der Waals surface area contributed by atoms with Crippen LogP contribution in [-0.4, -0.2) is 0 Å². The van der Waals surface area contributed by atoms with Crippen LogP contribution in [0.5, 0.6) is 0 Å². The number of fused-ring (bicyclic) bond motifs is 9. The average Bonchev–Trinajstić information content (AvgIpc) is 1.59. The summed E-state index contributed by atoms with van der Waals surface area (Å²) >= 11 is 0. The smallest absolute Gasteiger partial charge is 0.159 e. The van der Waals surface area contributed by atoms with Crippen LogP contribution in [0.4, 0.5) is 51.2 Å². The summed E-state index contributed by atoms with van der Waals surface area (Å²) < 4.78 is 21.7. The molecule has 0 bridgehead atoms. The lowest BCUT2D eigenvalue weighted by atomic mass is 9.86. The van der Waals surface area contributed by atoms with E-state index in [1.807, 2.05) is 0 Å². The number of hydrogen-bond acceptors (Lipinski definition) is 6. The molecular formula is C102H91N3O3. The van der Waals surface area contributed by atoms with Gasteiger partial charge in [-0.25, -0.2) is 0 Å². The fraction of sp³-hybridized carbons (Fsp3) is 0.176. The minimum Gasteiger partial charge on any atom is -0.456 e. The molecule has 6 nitrogen and oxygen atoms in total. The van der Waals surface area contributed by atoms with Gasteiger partial charge in [0, 0.05) is 89.4 Å². The summed E-state index contributed by atoms with van der Waals surface area (Å²) in [7, 11) is 0. The van der Waals surface area contributed by atoms with Crippen LogP contribution < -0.4 is 14.7 Å². The SMILES string of the molecule is CC(C)c1cc(C(C)C)c2oc3c(N(c4ccccc4)c4ccccc4)cc(C(C)CCC(C)c4cc(C(C)C)cc5c4oc4c(C(C)C)cc(N(c6ccccc6)c6cccc(-c7cccc(-c8cc(-c9ccccc9)cc9oc%10cc(N(c%11ccccc%11)c%11ccccc%11)ccc%10c89)c7)c6)cc45)cc3c2c1. The molecular weight excluding hydrogens is 1320 g/mol. The molecule has 2 unspecified atom stereocenters. The molecule has 17 aromatic rings. The normalized spacial score (nSPS) is 12.5. The van der Waals surface area contributed by atoms with Crippen LogP contribution in [-0.2, 0) is 0 Å². The third-order valence-corrected chi connectivity index (χ3v) is 22.3. The Morgan fingerprint density at radius 2 is 0.667 bits per heavy atom. The highest BCUT2D eigenvalue weighted by Crippen LogP contribution is 2.51. The zero-order valence-corrected chi connectivity index (χ0v) is 63.4. The monoisotopic (exact) mass is 1410 g/mol. The first kappa shape index (κ1) is 69.0. The van der Waals surface area contributed by atoms with Crippen molar-refractivity contribution in [2.45, 2.75) is 118 Å². The third-order valence-electron chi connectivity index (χ3n) is 22.3. The fourth-order valence-corrected chi connectivity index (χ4v) is 16.3. The molecule has 17 rings (SSSR count). The van der Waals surface area contributed by atoms with Crippen LogP contribution in [0.3, 0.4) is 0 Å². The van der Waals surface area contributed by atoms with E-state index in [0.29, 0.717) is 11.8 Å². The summed E-state index contributed by atoms with van der Waals surface area (Å²) in [6.07, 6.45) is 1.93. The van der Waals surface area contributed by atoms with Gasteiger partial charge in [0.15, 0.2) is 5.58 Å². The van der Waals surface area contributed by atoms with Crippen LogP contribution >= 0.6 is 0 Å². The Bertz CT molecular complexity index is 6030. The zero-order valence-electron chi connectivity index (χ0n) is 63.4. The van der Waals surface area contributed by atoms with Crippen molar-refractivity contribution < 1.29 is 13.3 Å². The summed E-state index contributed by atoms with van der Waals surface area (Å²) in [5, 5.41) is 6.79. The van der Waals surface area contributed by atoms with Crippen LogP contribution in [0.25, 0.3) is 99.2 Å². The number of hydrogen-bond donors (Lipinski definition) is 0. The van der Waals surface area contributed by atoms with Gasteiger partial charge in [0.25, 0.3) is 0 Å². The zero-order chi connectivity index (χ0) is 73.8. The highest BCUT2D eigenvalue weighted by molar-refractivity contribution is 6.16. The largest absolute Gasteiger partial charge is 0.456 e. The second kappa shape index (κ2) is 29.0. The van der Waals surface area contributed by atoms with Crippen molar-refractivity contribution >= 4 is 117 Å². The van der Waals surface area contributed by atoms with Crippen LogP contribution in [0.2, 0.25) is 0 Å². The van der Waals surface area contributed by atoms with E-state index in [1.54, 1.807) is 0 Å². The van der Waals surface area contributed by atoms with Crippen LogP contribution in [0, 0.1) is 0 Å². The van der Waals surface area contributed by atoms with Crippen molar-refractivity contribution in [3.05, 3.63) is 343 Å². The molecule has 0 aliphatic carbocycles. The summed E-state index contributed by atoms with van der Waals surface area (Å²) in [5.41, 5.74) is 29.4. The number of anilines is 9. The molecule has 108 heavy (non-hydrogen) atoms. The Hall–Kier alpha value is -12.1. The first-order chi connectivity index (χ1) is 52.7. The van der Waals surface area contributed by atoms with Crippen molar-refractivity contribution in [3.63, 3.8) is 0 Å². The predicted molar refractivity (Wildman–Crippen MR) is 457 cm³/mol. The molecule has 0 N–H and O–H groups in total. The van der Waals surface area contributed by atoms with Crippen molar-refractivity contribution in [2.24, 2.45) is 0 Å². The van der Waals surface area contributed by atoms with Gasteiger partial charge in [-0.1, -0.05) is 233 Å². The third kappa shape index (κ3) is 13.0. The van der Waals surface area contributed by atoms with Crippen molar-refractivity contribution in [3.8, 4) is 33.4 Å². The van der Waals surface area contributed by atoms with Crippen molar-refractivity contribution in [2.75, 3.05) is 14.7 Å². The lowest BCUT2D eigenvalue weighted by molar-refractivity contribution is 0.566. The van der Waals surface area contributed by atoms with Crippen LogP contribution in [0.15, 0.2) is 323 Å². The number of furan rings is 3. The fourth-order valence-electron chi connectivity index (χ4n) is 16.3. The maximum absolute atomic E-state index is 7.44. The van der Waals surface area contributed by atoms with E-state index >= 15 is 0 Å². The minimum absolute atomic E-state index is 0.161. The second-order valence-corrected chi connectivity index (χ2v) is 30.9. The second-order valence-electron chi connectivity index (χ2n) is 30.9. The Balaban J connectivity index is 0.738. The molecule has 3 aromatic heterocycles. The molecule has 0 saturated heterocycles. The van der Waals surface area contributed by atoms with Gasteiger partial charge < -0.3 is 28.0 Å². The van der Waals surface area contributed by atoms with E-state index in [0.717, 1.165) is 158 Å². The van der Waals surface area contributed by atoms with Gasteiger partial charge >= 0.3 is 0 Å². The highest BCUT2D eigenvalue weighted by Gasteiger charge is 2.29. The molecule has 14 aromatic carbocycles. The van der Waals surface area contributed by atoms with E-state index in [1.165, 1.54) is 38.8 Å². The van der Waals surface area contributed by atoms with E-state index in [2.05, 4.69) is 393 Å². The van der Waals surface area contributed by atoms with Crippen molar-refractivity contribution in [1.29, 1.82) is 0 Å². The van der Waals surface area contributed by atoms with Crippen molar-refractivity contribution in [1.82, 2.24) is 0 Å². The summed E-state index contributed by atoms with van der Waals surface area (Å²) in [6.45, 7) is 23.3. The molecule has 0 saturated carbocycles. The Labute approximate surface area is 634 Å². The molecule has 6 heteroatoms. The molecule has 0 aliphatic heterocycles. The van der Waals surface area contributed by atoms with E-state index in [-0.39, 0.29) is 23.7 Å². The van der Waals surface area contributed by atoms with Gasteiger partial charge in [0.2, 0.25) is 0 Å². The molecule has 532 valence electrons. The van der Waals surface area contributed by atoms with E-state index < -0.39 is 0 Å². The Morgan fingerprint density at radius 1 is 0.241 bits per heavy atom. The summed E-state index contributed by atoms with van der Waals surface area (Å²) in [6, 6.07) is 113. The molecule has 2 atom stereocenters. The molecule has 0 radical (unpaired) electrons. The number of benzene rings is 14. The molecule has 0 spiro atoms. The lowest BCUT2D eigenvalue weighted by Crippen LogP contribution is -2.11. The number of nitrogens with zero attached hydrogens (tertiary/aromatic N) is 3. The lowest BCUT2D eigenvalue weighted by Gasteiger charge is -2.27. The molecule has 0 amide bonds. The minimum atomic E-state index is 0.161. The quantitative estimate of drug-likeness (QED) is 0.0715. The standard InChI is InChI=1S/C102H91N3O3/c1-64(2)74-53-87(66(5)6)99-91(55-74)93-57-76(59-95(102(93)108-99)105(81-42-25-15-26-43-81)82-44-27-16-28-45-82)68(9)47-48-69(10)89-54-75(65(3)4)56-92-94-62-85(61-88(67(7)8)100(94)107-101(89)92)104(80-40-23-14-24-41-80)83-46-30-34-72(52-83)71-33-29-35-73(51-71)90-58-77(70-31-17-11-18-32-70)60-97-98(90)86-50-49-84(63-96(86)106-97)103(78-36-19-12-20-37-78)79-38-21-13-22-39-79/h11-46,49-69H,47-48H2,1-10H3. The first-order valence-corrected chi connectivity index (χ1v) is 38.7. The predicted octanol–water partition coefficient (Wildman–Crippen LogP) is 31.0. The Morgan fingerprint density at radius 3 is 1.23 bits per heavy atom.